The summed E-state index contributed by atoms with van der Waals surface area (Å²) in [4.78, 5) is 12.1. The van der Waals surface area contributed by atoms with Gasteiger partial charge in [-0.15, -0.1) is 0 Å². The normalized spacial score (nSPS) is 17.9. The van der Waals surface area contributed by atoms with Crippen LogP contribution in [0.3, 0.4) is 0 Å². The topological polar surface area (TPSA) is 66.6 Å². The van der Waals surface area contributed by atoms with Crippen LogP contribution < -0.4 is 5.73 Å². The third kappa shape index (κ3) is 5.68. The van der Waals surface area contributed by atoms with E-state index in [1.165, 1.54) is 11.8 Å². The lowest BCUT2D eigenvalue weighted by Gasteiger charge is -2.36. The number of carboxylic acids is 1. The lowest BCUT2D eigenvalue weighted by Crippen LogP contribution is -2.53. The molecule has 0 amide bonds. The molecule has 0 aliphatic carbocycles. The van der Waals surface area contributed by atoms with Crippen LogP contribution in [-0.4, -0.2) is 46.3 Å². The van der Waals surface area contributed by atoms with Crippen LogP contribution in [-0.2, 0) is 4.79 Å². The Morgan fingerprint density at radius 1 is 1.33 bits per heavy atom. The van der Waals surface area contributed by atoms with E-state index in [1.54, 1.807) is 20.8 Å². The molecule has 3 N–H and O–H groups in total. The van der Waals surface area contributed by atoms with Gasteiger partial charge < -0.3 is 10.8 Å². The van der Waals surface area contributed by atoms with E-state index in [4.69, 9.17) is 10.8 Å². The molecular formula is C11H21F3N2O2. The second-order valence-electron chi connectivity index (χ2n) is 5.16. The molecule has 0 saturated carbocycles. The molecule has 2 unspecified atom stereocenters. The number of aliphatic carboxylic acids is 1. The molecule has 108 valence electrons. The predicted molar refractivity (Wildman–Crippen MR) is 62.2 cm³/mol. The van der Waals surface area contributed by atoms with E-state index in [1.807, 2.05) is 0 Å². The zero-order valence-electron chi connectivity index (χ0n) is 11.1. The van der Waals surface area contributed by atoms with Gasteiger partial charge in [-0.05, 0) is 34.1 Å². The van der Waals surface area contributed by atoms with E-state index in [0.29, 0.717) is 0 Å². The summed E-state index contributed by atoms with van der Waals surface area (Å²) >= 11 is 0. The molecule has 0 fully saturated rings. The second-order valence-corrected chi connectivity index (χ2v) is 5.16. The number of carboxylic acid groups (broad SMARTS) is 1. The number of rotatable bonds is 6. The largest absolute Gasteiger partial charge is 0.480 e. The average Bonchev–Trinajstić information content (AvgIpc) is 2.11. The zero-order chi connectivity index (χ0) is 14.7. The zero-order valence-corrected chi connectivity index (χ0v) is 11.1. The molecule has 18 heavy (non-hydrogen) atoms. The summed E-state index contributed by atoms with van der Waals surface area (Å²) in [6, 6.07) is -0.913. The van der Waals surface area contributed by atoms with Crippen LogP contribution in [0.2, 0.25) is 0 Å². The standard InChI is InChI=1S/C11H21F3N2O2/c1-7(2)16(6-11(12,13)14)8(3)5-10(4,15)9(17)18/h7-8H,5-6,15H2,1-4H3,(H,17,18). The Bertz CT molecular complexity index is 291. The first-order valence-corrected chi connectivity index (χ1v) is 5.71. The molecule has 0 saturated heterocycles. The highest BCUT2D eigenvalue weighted by Gasteiger charge is 2.37. The van der Waals surface area contributed by atoms with Gasteiger partial charge in [0, 0.05) is 12.1 Å². The predicted octanol–water partition coefficient (Wildman–Crippen LogP) is 1.84. The van der Waals surface area contributed by atoms with Gasteiger partial charge in [-0.3, -0.25) is 9.69 Å². The summed E-state index contributed by atoms with van der Waals surface area (Å²) in [6.07, 6.45) is -4.36. The molecule has 0 aliphatic heterocycles. The minimum atomic E-state index is -4.31. The molecular weight excluding hydrogens is 249 g/mol. The molecule has 2 atom stereocenters. The highest BCUT2D eigenvalue weighted by atomic mass is 19.4. The molecule has 0 aromatic rings. The molecule has 0 aliphatic rings. The van der Waals surface area contributed by atoms with Crippen molar-refractivity contribution in [1.29, 1.82) is 0 Å². The van der Waals surface area contributed by atoms with Crippen LogP contribution in [0.15, 0.2) is 0 Å². The van der Waals surface area contributed by atoms with E-state index in [9.17, 15) is 18.0 Å². The lowest BCUT2D eigenvalue weighted by atomic mass is 9.93. The fraction of sp³-hybridized carbons (Fsp3) is 0.909. The Morgan fingerprint density at radius 2 is 1.78 bits per heavy atom. The van der Waals surface area contributed by atoms with Crippen LogP contribution in [0.25, 0.3) is 0 Å². The summed E-state index contributed by atoms with van der Waals surface area (Å²) in [5, 5.41) is 8.88. The van der Waals surface area contributed by atoms with Crippen molar-refractivity contribution >= 4 is 5.97 Å². The first-order valence-electron chi connectivity index (χ1n) is 5.71. The quantitative estimate of drug-likeness (QED) is 0.773. The SMILES string of the molecule is CC(C)N(CC(F)(F)F)C(C)CC(C)(N)C(=O)O. The van der Waals surface area contributed by atoms with Gasteiger partial charge in [-0.2, -0.15) is 13.2 Å². The maximum atomic E-state index is 12.4. The van der Waals surface area contributed by atoms with Crippen molar-refractivity contribution in [2.75, 3.05) is 6.54 Å². The van der Waals surface area contributed by atoms with Crippen molar-refractivity contribution in [3.63, 3.8) is 0 Å². The van der Waals surface area contributed by atoms with E-state index in [-0.39, 0.29) is 12.5 Å². The van der Waals surface area contributed by atoms with Crippen molar-refractivity contribution in [3.8, 4) is 0 Å². The highest BCUT2D eigenvalue weighted by molar-refractivity contribution is 5.77. The second kappa shape index (κ2) is 5.88. The Morgan fingerprint density at radius 3 is 2.06 bits per heavy atom. The fourth-order valence-corrected chi connectivity index (χ4v) is 1.87. The molecule has 0 rings (SSSR count). The number of halogens is 3. The lowest BCUT2D eigenvalue weighted by molar-refractivity contribution is -0.156. The monoisotopic (exact) mass is 270 g/mol. The van der Waals surface area contributed by atoms with Crippen molar-refractivity contribution in [2.45, 2.75) is 57.9 Å². The smallest absolute Gasteiger partial charge is 0.401 e. The van der Waals surface area contributed by atoms with Crippen LogP contribution in [0.4, 0.5) is 13.2 Å². The Hall–Kier alpha value is -0.820. The van der Waals surface area contributed by atoms with Gasteiger partial charge in [0.2, 0.25) is 0 Å². The summed E-state index contributed by atoms with van der Waals surface area (Å²) in [7, 11) is 0. The number of nitrogens with two attached hydrogens (primary N) is 1. The third-order valence-corrected chi connectivity index (χ3v) is 2.80. The molecule has 7 heteroatoms. The Balaban J connectivity index is 4.79. The molecule has 0 aromatic carbocycles. The van der Waals surface area contributed by atoms with Crippen molar-refractivity contribution in [2.24, 2.45) is 5.73 Å². The summed E-state index contributed by atoms with van der Waals surface area (Å²) in [6.45, 7) is 5.06. The van der Waals surface area contributed by atoms with E-state index in [2.05, 4.69) is 0 Å². The summed E-state index contributed by atoms with van der Waals surface area (Å²) in [5.41, 5.74) is 4.03. The average molecular weight is 270 g/mol. The minimum Gasteiger partial charge on any atom is -0.480 e. The first-order chi connectivity index (χ1) is 7.87. The van der Waals surface area contributed by atoms with Gasteiger partial charge in [0.1, 0.15) is 5.54 Å². The highest BCUT2D eigenvalue weighted by Crippen LogP contribution is 2.23. The van der Waals surface area contributed by atoms with Crippen molar-refractivity contribution in [1.82, 2.24) is 4.90 Å². The number of alkyl halides is 3. The number of carbonyl (C=O) groups is 1. The van der Waals surface area contributed by atoms with Crippen LogP contribution in [0, 0.1) is 0 Å². The van der Waals surface area contributed by atoms with Crippen LogP contribution in [0.1, 0.15) is 34.1 Å². The van der Waals surface area contributed by atoms with Crippen molar-refractivity contribution in [3.05, 3.63) is 0 Å². The maximum absolute atomic E-state index is 12.4. The maximum Gasteiger partial charge on any atom is 0.401 e. The van der Waals surface area contributed by atoms with Gasteiger partial charge in [0.05, 0.1) is 6.54 Å². The fourth-order valence-electron chi connectivity index (χ4n) is 1.87. The summed E-state index contributed by atoms with van der Waals surface area (Å²) in [5.74, 6) is -1.22. The van der Waals surface area contributed by atoms with Gasteiger partial charge in [0.15, 0.2) is 0 Å². The van der Waals surface area contributed by atoms with Crippen LogP contribution in [0.5, 0.6) is 0 Å². The van der Waals surface area contributed by atoms with Gasteiger partial charge in [-0.25, -0.2) is 0 Å². The van der Waals surface area contributed by atoms with E-state index < -0.39 is 30.3 Å². The minimum absolute atomic E-state index is 0.0450. The third-order valence-electron chi connectivity index (χ3n) is 2.80. The van der Waals surface area contributed by atoms with Gasteiger partial charge in [0.25, 0.3) is 0 Å². The van der Waals surface area contributed by atoms with E-state index in [0.717, 1.165) is 0 Å². The number of hydrogen-bond acceptors (Lipinski definition) is 3. The molecule has 0 aromatic heterocycles. The molecule has 0 bridgehead atoms. The summed E-state index contributed by atoms with van der Waals surface area (Å²) < 4.78 is 37.3. The molecule has 0 radical (unpaired) electrons. The molecule has 0 heterocycles. The molecule has 4 nitrogen and oxygen atoms in total. The Kier molecular flexibility index (Phi) is 5.61. The Labute approximate surface area is 105 Å². The first kappa shape index (κ1) is 17.2. The number of hydrogen-bond donors (Lipinski definition) is 2. The van der Waals surface area contributed by atoms with Crippen molar-refractivity contribution < 1.29 is 23.1 Å². The van der Waals surface area contributed by atoms with Crippen LogP contribution >= 0.6 is 0 Å². The van der Waals surface area contributed by atoms with Gasteiger partial charge >= 0.3 is 12.1 Å². The van der Waals surface area contributed by atoms with E-state index >= 15 is 0 Å². The number of nitrogens with zero attached hydrogens (tertiary/aromatic N) is 1. The van der Waals surface area contributed by atoms with Gasteiger partial charge in [-0.1, -0.05) is 0 Å². The molecule has 0 spiro atoms.